The average Bonchev–Trinajstić information content (AvgIpc) is 2.89. The zero-order valence-corrected chi connectivity index (χ0v) is 25.0. The van der Waals surface area contributed by atoms with Gasteiger partial charge in [-0.2, -0.15) is 0 Å². The lowest BCUT2D eigenvalue weighted by molar-refractivity contribution is 0.0230. The van der Waals surface area contributed by atoms with Crippen molar-refractivity contribution in [1.82, 2.24) is 0 Å². The van der Waals surface area contributed by atoms with Gasteiger partial charge in [-0.25, -0.2) is 0 Å². The first kappa shape index (κ1) is 37.6. The van der Waals surface area contributed by atoms with Gasteiger partial charge in [0.05, 0.1) is 79.3 Å². The summed E-state index contributed by atoms with van der Waals surface area (Å²) in [5.41, 5.74) is 3.21. The van der Waals surface area contributed by atoms with Crippen LogP contribution in [0.25, 0.3) is 0 Å². The molecule has 0 heterocycles. The first-order valence-corrected chi connectivity index (χ1v) is 15.1. The van der Waals surface area contributed by atoms with Crippen LogP contribution in [0.4, 0.5) is 0 Å². The van der Waals surface area contributed by atoms with Gasteiger partial charge in [0.25, 0.3) is 0 Å². The van der Waals surface area contributed by atoms with Crippen molar-refractivity contribution >= 4 is 17.6 Å². The van der Waals surface area contributed by atoms with E-state index in [-0.39, 0.29) is 0 Å². The van der Waals surface area contributed by atoms with Crippen LogP contribution >= 0.6 is 0 Å². The molecule has 0 spiro atoms. The highest BCUT2D eigenvalue weighted by Crippen LogP contribution is 2.12. The second-order valence-corrected chi connectivity index (χ2v) is 11.6. The van der Waals surface area contributed by atoms with Crippen molar-refractivity contribution in [3.8, 4) is 0 Å². The molecule has 0 aromatic rings. The second-order valence-electron chi connectivity index (χ2n) is 6.66. The maximum Gasteiger partial charge on any atom is 0.529 e. The van der Waals surface area contributed by atoms with E-state index in [9.17, 15) is 0 Å². The van der Waals surface area contributed by atoms with E-state index in [1.807, 2.05) is 0 Å². The van der Waals surface area contributed by atoms with Crippen LogP contribution in [0.5, 0.6) is 0 Å². The Morgan fingerprint density at radius 2 is 0.528 bits per heavy atom. The van der Waals surface area contributed by atoms with Gasteiger partial charge in [0, 0.05) is 42.7 Å². The van der Waals surface area contributed by atoms with Crippen LogP contribution in [0.2, 0.25) is 0 Å². The van der Waals surface area contributed by atoms with E-state index < -0.39 is 17.6 Å². The molecule has 0 aliphatic heterocycles. The minimum atomic E-state index is -2.86. The Bertz CT molecular complexity index is 393. The van der Waals surface area contributed by atoms with Crippen molar-refractivity contribution in [3.05, 3.63) is 24.6 Å². The van der Waals surface area contributed by atoms with E-state index in [2.05, 4.69) is 13.2 Å². The molecule has 0 saturated carbocycles. The molecular weight excluding hydrogens is 512 g/mol. The van der Waals surface area contributed by atoms with Crippen molar-refractivity contribution < 1.29 is 55.0 Å². The molecule has 0 aliphatic rings. The van der Waals surface area contributed by atoms with E-state index in [1.54, 1.807) is 54.1 Å². The fraction of sp³-hybridized carbons (Fsp3) is 0.818. The van der Waals surface area contributed by atoms with Crippen LogP contribution in [0.15, 0.2) is 24.6 Å². The normalized spacial score (nSPS) is 11.7. The molecule has 216 valence electrons. The monoisotopic (exact) mass is 560 g/mol. The van der Waals surface area contributed by atoms with E-state index in [4.69, 9.17) is 55.0 Å². The molecule has 0 saturated heterocycles. The summed E-state index contributed by atoms with van der Waals surface area (Å²) >= 11 is 0. The minimum absolute atomic E-state index is 0.398. The van der Waals surface area contributed by atoms with Gasteiger partial charge in [-0.05, 0) is 11.4 Å². The number of ether oxygens (including phenoxy) is 6. The van der Waals surface area contributed by atoms with Gasteiger partial charge >= 0.3 is 17.6 Å². The molecule has 14 heteroatoms. The van der Waals surface area contributed by atoms with Gasteiger partial charge in [-0.15, -0.1) is 0 Å². The Kier molecular flexibility index (Phi) is 28.7. The lowest BCUT2D eigenvalue weighted by Crippen LogP contribution is -2.46. The van der Waals surface area contributed by atoms with Crippen molar-refractivity contribution in [2.45, 2.75) is 0 Å². The van der Waals surface area contributed by atoms with Gasteiger partial charge in [0.1, 0.15) is 0 Å². The Balaban J connectivity index is 0. The highest BCUT2D eigenvalue weighted by molar-refractivity contribution is 6.66. The van der Waals surface area contributed by atoms with Crippen LogP contribution in [-0.4, -0.2) is 140 Å². The molecular formula is C22H48O12Si2. The zero-order valence-electron chi connectivity index (χ0n) is 23.0. The molecule has 12 nitrogen and oxygen atoms in total. The Morgan fingerprint density at radius 3 is 0.639 bits per heavy atom. The van der Waals surface area contributed by atoms with E-state index >= 15 is 0 Å². The zero-order chi connectivity index (χ0) is 27.4. The molecule has 0 aromatic carbocycles. The fourth-order valence-electron chi connectivity index (χ4n) is 2.21. The van der Waals surface area contributed by atoms with Crippen LogP contribution in [0, 0.1) is 0 Å². The lowest BCUT2D eigenvalue weighted by Gasteiger charge is -2.26. The van der Waals surface area contributed by atoms with Gasteiger partial charge in [-0.3, -0.25) is 0 Å². The quantitative estimate of drug-likeness (QED) is 0.112. The highest BCUT2D eigenvalue weighted by Gasteiger charge is 2.38. The molecule has 0 atom stereocenters. The first-order chi connectivity index (χ1) is 17.5. The summed E-state index contributed by atoms with van der Waals surface area (Å²) < 4.78 is 63.5. The number of hydrogen-bond donors (Lipinski definition) is 0. The van der Waals surface area contributed by atoms with Gasteiger partial charge < -0.3 is 55.0 Å². The van der Waals surface area contributed by atoms with Crippen molar-refractivity contribution in [3.63, 3.8) is 0 Å². The molecule has 0 N–H and O–H groups in total. The van der Waals surface area contributed by atoms with Gasteiger partial charge in [0.2, 0.25) is 0 Å². The molecule has 0 aromatic heterocycles. The van der Waals surface area contributed by atoms with Crippen molar-refractivity contribution in [1.29, 1.82) is 0 Å². The third kappa shape index (κ3) is 20.5. The maximum absolute atomic E-state index is 5.65. The van der Waals surface area contributed by atoms with Crippen molar-refractivity contribution in [2.24, 2.45) is 0 Å². The molecule has 0 fully saturated rings. The van der Waals surface area contributed by atoms with E-state index in [0.29, 0.717) is 79.3 Å². The summed E-state index contributed by atoms with van der Waals surface area (Å²) in [5, 5.41) is 0. The Labute approximate surface area is 219 Å². The van der Waals surface area contributed by atoms with Gasteiger partial charge in [0.15, 0.2) is 0 Å². The average molecular weight is 561 g/mol. The Hall–Kier alpha value is -0.566. The van der Waals surface area contributed by atoms with Crippen molar-refractivity contribution in [2.75, 3.05) is 122 Å². The molecule has 0 aliphatic carbocycles. The third-order valence-electron chi connectivity index (χ3n) is 4.04. The Morgan fingerprint density at radius 1 is 0.361 bits per heavy atom. The summed E-state index contributed by atoms with van der Waals surface area (Å²) in [5.74, 6) is 0. The number of methoxy groups -OCH3 is 6. The summed E-state index contributed by atoms with van der Waals surface area (Å²) in [6.07, 6.45) is 0. The smallest absolute Gasteiger partial charge is 0.382 e. The minimum Gasteiger partial charge on any atom is -0.382 e. The summed E-state index contributed by atoms with van der Waals surface area (Å²) in [7, 11) is 3.94. The lowest BCUT2D eigenvalue weighted by atomic mass is 10.8. The first-order valence-electron chi connectivity index (χ1n) is 11.5. The molecule has 36 heavy (non-hydrogen) atoms. The fourth-order valence-corrected chi connectivity index (χ4v) is 5.62. The predicted octanol–water partition coefficient (Wildman–Crippen LogP) is 1.28. The van der Waals surface area contributed by atoms with Crippen LogP contribution in [-0.2, 0) is 55.0 Å². The third-order valence-corrected chi connectivity index (χ3v) is 8.68. The molecule has 0 radical (unpaired) electrons. The maximum atomic E-state index is 5.65. The van der Waals surface area contributed by atoms with Crippen LogP contribution in [0.3, 0.4) is 0 Å². The second kappa shape index (κ2) is 27.5. The number of rotatable bonds is 26. The molecule has 0 bridgehead atoms. The van der Waals surface area contributed by atoms with Gasteiger partial charge in [-0.1, -0.05) is 13.2 Å². The van der Waals surface area contributed by atoms with E-state index in [0.717, 1.165) is 0 Å². The van der Waals surface area contributed by atoms with E-state index in [1.165, 1.54) is 0 Å². The molecule has 0 rings (SSSR count). The topological polar surface area (TPSA) is 111 Å². The predicted molar refractivity (Wildman–Crippen MR) is 139 cm³/mol. The van der Waals surface area contributed by atoms with Crippen LogP contribution in [0.1, 0.15) is 0 Å². The van der Waals surface area contributed by atoms with Crippen LogP contribution < -0.4 is 0 Å². The largest absolute Gasteiger partial charge is 0.529 e. The summed E-state index contributed by atoms with van der Waals surface area (Å²) in [6, 6.07) is 0. The summed E-state index contributed by atoms with van der Waals surface area (Å²) in [4.78, 5) is 0. The molecule has 0 amide bonds. The highest BCUT2D eigenvalue weighted by atomic mass is 28.4. The summed E-state index contributed by atoms with van der Waals surface area (Å²) in [6.45, 7) is 12.7. The SMILES string of the molecule is C=C[Si](OCCOC)(OCCOC)OCCOC.C=C[Si](OCCOC)(OCCOC)OCCOC. The molecule has 0 unspecified atom stereocenters. The number of hydrogen-bond acceptors (Lipinski definition) is 12. The standard InChI is InChI=1S/2C11H24O6Si/c2*1-5-18(15-9-6-12-2,16-10-7-13-3)17-11-8-14-4/h2*5H,1,6-11H2,2-4H3.